The van der Waals surface area contributed by atoms with Gasteiger partial charge in [-0.05, 0) is 42.7 Å². The molecule has 0 saturated carbocycles. The van der Waals surface area contributed by atoms with Crippen LogP contribution in [0.15, 0.2) is 29.0 Å². The number of rotatable bonds is 5. The van der Waals surface area contributed by atoms with Crippen molar-refractivity contribution in [3.05, 3.63) is 33.8 Å². The molecule has 3 heterocycles. The average molecular weight is 293 g/mol. The van der Waals surface area contributed by atoms with Crippen molar-refractivity contribution in [1.29, 1.82) is 0 Å². The first-order valence-electron chi connectivity index (χ1n) is 6.79. The zero-order chi connectivity index (χ0) is 13.1. The second kappa shape index (κ2) is 6.18. The lowest BCUT2D eigenvalue weighted by atomic mass is 10.1. The van der Waals surface area contributed by atoms with Crippen LogP contribution < -0.4 is 5.32 Å². The highest BCUT2D eigenvalue weighted by molar-refractivity contribution is 7.14. The van der Waals surface area contributed by atoms with Crippen molar-refractivity contribution < 1.29 is 4.74 Å². The van der Waals surface area contributed by atoms with Gasteiger partial charge in [0.15, 0.2) is 0 Å². The largest absolute Gasteiger partial charge is 0.377 e. The number of ether oxygens (including phenoxy) is 1. The summed E-state index contributed by atoms with van der Waals surface area (Å²) < 4.78 is 5.71. The molecule has 1 aliphatic rings. The Morgan fingerprint density at radius 3 is 3.16 bits per heavy atom. The van der Waals surface area contributed by atoms with Gasteiger partial charge in [-0.15, -0.1) is 22.7 Å². The third kappa shape index (κ3) is 3.26. The van der Waals surface area contributed by atoms with E-state index in [9.17, 15) is 0 Å². The summed E-state index contributed by atoms with van der Waals surface area (Å²) in [5.74, 6) is 0. The highest BCUT2D eigenvalue weighted by atomic mass is 32.1. The first-order chi connectivity index (χ1) is 9.33. The summed E-state index contributed by atoms with van der Waals surface area (Å²) >= 11 is 3.64. The highest BCUT2D eigenvalue weighted by Crippen LogP contribution is 2.29. The van der Waals surface area contributed by atoms with E-state index in [1.54, 1.807) is 11.3 Å². The summed E-state index contributed by atoms with van der Waals surface area (Å²) in [5, 5.41) is 7.97. The third-order valence-corrected chi connectivity index (χ3v) is 5.44. The Hall–Kier alpha value is -0.680. The molecule has 2 aromatic rings. The van der Waals surface area contributed by atoms with Crippen LogP contribution in [-0.2, 0) is 11.3 Å². The normalized spacial score (nSPS) is 20.8. The van der Waals surface area contributed by atoms with Crippen LogP contribution in [0, 0.1) is 0 Å². The van der Waals surface area contributed by atoms with Crippen LogP contribution in [0.4, 0.5) is 0 Å². The molecule has 102 valence electrons. The summed E-state index contributed by atoms with van der Waals surface area (Å²) in [5.41, 5.74) is 1.35. The van der Waals surface area contributed by atoms with E-state index >= 15 is 0 Å². The standard InChI is InChI=1S/C15H19NOS2/c1-11(14-4-2-6-17-14)16-9-13-8-12(10-19-13)15-5-3-7-18-15/h3,5,7-8,10-11,14,16H,2,4,6,9H2,1H3. The zero-order valence-electron chi connectivity index (χ0n) is 11.1. The molecule has 2 unspecified atom stereocenters. The molecule has 1 fully saturated rings. The van der Waals surface area contributed by atoms with Gasteiger partial charge in [0.25, 0.3) is 0 Å². The Morgan fingerprint density at radius 1 is 1.47 bits per heavy atom. The maximum Gasteiger partial charge on any atom is 0.0726 e. The van der Waals surface area contributed by atoms with Gasteiger partial charge in [0.2, 0.25) is 0 Å². The average Bonchev–Trinajstić information content (AvgIpc) is 3.14. The quantitative estimate of drug-likeness (QED) is 0.895. The van der Waals surface area contributed by atoms with Gasteiger partial charge in [0, 0.05) is 34.5 Å². The fraction of sp³-hybridized carbons (Fsp3) is 0.467. The van der Waals surface area contributed by atoms with Crippen molar-refractivity contribution in [1.82, 2.24) is 5.32 Å². The van der Waals surface area contributed by atoms with E-state index in [1.807, 2.05) is 11.3 Å². The molecule has 19 heavy (non-hydrogen) atoms. The van der Waals surface area contributed by atoms with Gasteiger partial charge < -0.3 is 10.1 Å². The van der Waals surface area contributed by atoms with E-state index in [1.165, 1.54) is 28.2 Å². The molecule has 1 saturated heterocycles. The maximum atomic E-state index is 5.71. The summed E-state index contributed by atoms with van der Waals surface area (Å²) in [7, 11) is 0. The van der Waals surface area contributed by atoms with Gasteiger partial charge in [0.05, 0.1) is 6.10 Å². The molecule has 2 nitrogen and oxygen atoms in total. The fourth-order valence-electron chi connectivity index (χ4n) is 2.44. The van der Waals surface area contributed by atoms with Crippen molar-refractivity contribution in [2.24, 2.45) is 0 Å². The van der Waals surface area contributed by atoms with Gasteiger partial charge in [-0.1, -0.05) is 6.07 Å². The molecule has 0 aliphatic carbocycles. The van der Waals surface area contributed by atoms with Crippen LogP contribution in [0.3, 0.4) is 0 Å². The summed E-state index contributed by atoms with van der Waals surface area (Å²) in [6, 6.07) is 7.02. The van der Waals surface area contributed by atoms with Crippen molar-refractivity contribution in [3.63, 3.8) is 0 Å². The zero-order valence-corrected chi connectivity index (χ0v) is 12.7. The molecular formula is C15H19NOS2. The van der Waals surface area contributed by atoms with E-state index < -0.39 is 0 Å². The maximum absolute atomic E-state index is 5.71. The Labute approximate surface area is 122 Å². The molecule has 2 atom stereocenters. The number of thiophene rings is 2. The Morgan fingerprint density at radius 2 is 2.42 bits per heavy atom. The monoisotopic (exact) mass is 293 g/mol. The fourth-order valence-corrected chi connectivity index (χ4v) is 4.06. The topological polar surface area (TPSA) is 21.3 Å². The van der Waals surface area contributed by atoms with Crippen LogP contribution in [0.1, 0.15) is 24.6 Å². The van der Waals surface area contributed by atoms with Crippen molar-refractivity contribution in [2.45, 2.75) is 38.5 Å². The number of nitrogens with one attached hydrogen (secondary N) is 1. The minimum Gasteiger partial charge on any atom is -0.377 e. The van der Waals surface area contributed by atoms with Gasteiger partial charge in [-0.25, -0.2) is 0 Å². The molecule has 4 heteroatoms. The van der Waals surface area contributed by atoms with Crippen molar-refractivity contribution in [3.8, 4) is 10.4 Å². The van der Waals surface area contributed by atoms with Crippen LogP contribution >= 0.6 is 22.7 Å². The van der Waals surface area contributed by atoms with E-state index in [-0.39, 0.29) is 0 Å². The minimum absolute atomic E-state index is 0.400. The molecule has 0 radical (unpaired) electrons. The second-order valence-electron chi connectivity index (χ2n) is 5.00. The Balaban J connectivity index is 1.55. The van der Waals surface area contributed by atoms with Gasteiger partial charge in [-0.3, -0.25) is 0 Å². The predicted octanol–water partition coefficient (Wildman–Crippen LogP) is 4.13. The molecule has 1 aliphatic heterocycles. The molecular weight excluding hydrogens is 274 g/mol. The number of hydrogen-bond donors (Lipinski definition) is 1. The van der Waals surface area contributed by atoms with Crippen LogP contribution in [-0.4, -0.2) is 18.8 Å². The smallest absolute Gasteiger partial charge is 0.0726 e. The molecule has 2 aromatic heterocycles. The third-order valence-electron chi connectivity index (χ3n) is 3.58. The van der Waals surface area contributed by atoms with Gasteiger partial charge in [-0.2, -0.15) is 0 Å². The lowest BCUT2D eigenvalue weighted by Gasteiger charge is -2.19. The first kappa shape index (κ1) is 13.3. The predicted molar refractivity (Wildman–Crippen MR) is 82.9 cm³/mol. The van der Waals surface area contributed by atoms with Crippen molar-refractivity contribution in [2.75, 3.05) is 6.61 Å². The van der Waals surface area contributed by atoms with Gasteiger partial charge in [0.1, 0.15) is 0 Å². The molecule has 1 N–H and O–H groups in total. The summed E-state index contributed by atoms with van der Waals surface area (Å²) in [6.07, 6.45) is 2.80. The molecule has 0 aromatic carbocycles. The van der Waals surface area contributed by atoms with E-state index in [0.29, 0.717) is 12.1 Å². The first-order valence-corrected chi connectivity index (χ1v) is 8.55. The molecule has 0 spiro atoms. The van der Waals surface area contributed by atoms with Crippen molar-refractivity contribution >= 4 is 22.7 Å². The van der Waals surface area contributed by atoms with Gasteiger partial charge >= 0.3 is 0 Å². The van der Waals surface area contributed by atoms with E-state index in [4.69, 9.17) is 4.74 Å². The van der Waals surface area contributed by atoms with Crippen LogP contribution in [0.5, 0.6) is 0 Å². The number of hydrogen-bond acceptors (Lipinski definition) is 4. The Bertz CT molecular complexity index is 500. The lowest BCUT2D eigenvalue weighted by molar-refractivity contribution is 0.0833. The van der Waals surface area contributed by atoms with Crippen LogP contribution in [0.2, 0.25) is 0 Å². The van der Waals surface area contributed by atoms with E-state index in [2.05, 4.69) is 41.2 Å². The molecule has 0 amide bonds. The summed E-state index contributed by atoms with van der Waals surface area (Å²) in [6.45, 7) is 4.10. The highest BCUT2D eigenvalue weighted by Gasteiger charge is 2.21. The summed E-state index contributed by atoms with van der Waals surface area (Å²) in [4.78, 5) is 2.75. The molecule has 3 rings (SSSR count). The SMILES string of the molecule is CC(NCc1cc(-c2cccs2)cs1)C1CCCO1. The lowest BCUT2D eigenvalue weighted by Crippen LogP contribution is -2.36. The minimum atomic E-state index is 0.400. The van der Waals surface area contributed by atoms with E-state index in [0.717, 1.165) is 13.2 Å². The Kier molecular flexibility index (Phi) is 4.33. The van der Waals surface area contributed by atoms with Crippen LogP contribution in [0.25, 0.3) is 10.4 Å². The molecule has 0 bridgehead atoms. The second-order valence-corrected chi connectivity index (χ2v) is 6.94.